The first kappa shape index (κ1) is 18.1. The zero-order valence-corrected chi connectivity index (χ0v) is 16.3. The van der Waals surface area contributed by atoms with Crippen molar-refractivity contribution < 1.29 is 12.8 Å². The number of thiazole rings is 1. The van der Waals surface area contributed by atoms with Gasteiger partial charge < -0.3 is 4.42 Å². The Kier molecular flexibility index (Phi) is 4.47. The molecule has 0 fully saturated rings. The van der Waals surface area contributed by atoms with Crippen LogP contribution < -0.4 is 10.5 Å². The molecule has 0 atom stereocenters. The number of halogens is 2. The quantitative estimate of drug-likeness (QED) is 0.489. The Balaban J connectivity index is 1.67. The average Bonchev–Trinajstić information content (AvgIpc) is 3.19. The van der Waals surface area contributed by atoms with Crippen LogP contribution in [0.1, 0.15) is 0 Å². The number of aromatic amines is 1. The molecule has 0 aliphatic heterocycles. The van der Waals surface area contributed by atoms with E-state index in [9.17, 15) is 13.2 Å². The fourth-order valence-electron chi connectivity index (χ4n) is 2.40. The Hall–Kier alpha value is -2.33. The maximum atomic E-state index is 12.7. The summed E-state index contributed by atoms with van der Waals surface area (Å²) in [5.74, 6) is -0.698. The zero-order chi connectivity index (χ0) is 19.2. The van der Waals surface area contributed by atoms with Crippen molar-refractivity contribution in [1.29, 1.82) is 0 Å². The molecule has 138 valence electrons. The molecule has 4 rings (SSSR count). The van der Waals surface area contributed by atoms with E-state index in [0.717, 1.165) is 16.9 Å². The minimum absolute atomic E-state index is 0.0541. The fourth-order valence-corrected chi connectivity index (χ4v) is 5.04. The van der Waals surface area contributed by atoms with E-state index in [2.05, 4.69) is 14.7 Å². The Labute approximate surface area is 166 Å². The largest absolute Gasteiger partial charge is 0.417 e. The highest BCUT2D eigenvalue weighted by Crippen LogP contribution is 2.30. The lowest BCUT2D eigenvalue weighted by molar-refractivity contribution is 0.554. The van der Waals surface area contributed by atoms with E-state index in [1.807, 2.05) is 0 Å². The van der Waals surface area contributed by atoms with Gasteiger partial charge in [-0.2, -0.15) is 0 Å². The summed E-state index contributed by atoms with van der Waals surface area (Å²) in [4.78, 5) is 17.7. The van der Waals surface area contributed by atoms with Crippen LogP contribution >= 0.6 is 34.5 Å². The van der Waals surface area contributed by atoms with Crippen LogP contribution in [0.5, 0.6) is 0 Å². The van der Waals surface area contributed by atoms with Gasteiger partial charge in [-0.15, -0.1) is 11.3 Å². The van der Waals surface area contributed by atoms with Crippen molar-refractivity contribution in [3.8, 4) is 11.3 Å². The molecule has 0 amide bonds. The van der Waals surface area contributed by atoms with Crippen molar-refractivity contribution in [1.82, 2.24) is 9.97 Å². The summed E-state index contributed by atoms with van der Waals surface area (Å²) in [6, 6.07) is 9.52. The van der Waals surface area contributed by atoms with E-state index in [4.69, 9.17) is 27.6 Å². The monoisotopic (exact) mass is 441 g/mol. The van der Waals surface area contributed by atoms with Gasteiger partial charge in [0.1, 0.15) is 4.90 Å². The number of benzene rings is 2. The SMILES string of the molecule is O=c1[nH]c2cc(Cl)c(S(=O)(=O)Nc3nc(-c4ccc(Cl)cc4)cs3)cc2o1. The van der Waals surface area contributed by atoms with Crippen molar-refractivity contribution in [2.45, 2.75) is 4.90 Å². The Bertz CT molecular complexity index is 1310. The first-order valence-corrected chi connectivity index (χ1v) is 10.5. The minimum atomic E-state index is -4.03. The molecule has 0 aliphatic rings. The molecule has 0 aliphatic carbocycles. The van der Waals surface area contributed by atoms with Gasteiger partial charge in [-0.1, -0.05) is 35.3 Å². The summed E-state index contributed by atoms with van der Waals surface area (Å²) in [5, 5.41) is 2.43. The summed E-state index contributed by atoms with van der Waals surface area (Å²) < 4.78 is 32.7. The molecule has 0 saturated heterocycles. The third-order valence-corrected chi connectivity index (χ3v) is 6.57. The van der Waals surface area contributed by atoms with Gasteiger partial charge in [0.25, 0.3) is 10.0 Å². The number of anilines is 1. The number of H-pyrrole nitrogens is 1. The highest BCUT2D eigenvalue weighted by Gasteiger charge is 2.22. The normalized spacial score (nSPS) is 11.8. The van der Waals surface area contributed by atoms with Crippen molar-refractivity contribution in [2.24, 2.45) is 0 Å². The molecule has 2 N–H and O–H groups in total. The van der Waals surface area contributed by atoms with Gasteiger partial charge >= 0.3 is 5.76 Å². The molecule has 2 heterocycles. The van der Waals surface area contributed by atoms with Gasteiger partial charge in [0.05, 0.1) is 16.2 Å². The summed E-state index contributed by atoms with van der Waals surface area (Å²) in [5.41, 5.74) is 1.80. The molecule has 2 aromatic carbocycles. The smallest absolute Gasteiger partial charge is 0.408 e. The molecule has 0 spiro atoms. The number of hydrogen-bond donors (Lipinski definition) is 2. The highest BCUT2D eigenvalue weighted by atomic mass is 35.5. The minimum Gasteiger partial charge on any atom is -0.408 e. The first-order chi connectivity index (χ1) is 12.8. The van der Waals surface area contributed by atoms with Crippen molar-refractivity contribution in [3.05, 3.63) is 62.4 Å². The van der Waals surface area contributed by atoms with Crippen LogP contribution in [-0.2, 0) is 10.0 Å². The Morgan fingerprint density at radius 3 is 2.63 bits per heavy atom. The van der Waals surface area contributed by atoms with Gasteiger partial charge in [-0.05, 0) is 18.2 Å². The fraction of sp³-hybridized carbons (Fsp3) is 0. The van der Waals surface area contributed by atoms with Crippen molar-refractivity contribution >= 4 is 60.8 Å². The second kappa shape index (κ2) is 6.68. The third kappa shape index (κ3) is 3.59. The van der Waals surface area contributed by atoms with Crippen molar-refractivity contribution in [2.75, 3.05) is 4.72 Å². The highest BCUT2D eigenvalue weighted by molar-refractivity contribution is 7.93. The Morgan fingerprint density at radius 2 is 1.89 bits per heavy atom. The van der Waals surface area contributed by atoms with Crippen LogP contribution in [0.15, 0.2) is 55.9 Å². The van der Waals surface area contributed by atoms with E-state index < -0.39 is 15.8 Å². The van der Waals surface area contributed by atoms with E-state index >= 15 is 0 Å². The number of hydrogen-bond acceptors (Lipinski definition) is 6. The maximum absolute atomic E-state index is 12.7. The van der Waals surface area contributed by atoms with Gasteiger partial charge in [-0.3, -0.25) is 9.71 Å². The maximum Gasteiger partial charge on any atom is 0.417 e. The summed E-state index contributed by atoms with van der Waals surface area (Å²) in [6.45, 7) is 0. The van der Waals surface area contributed by atoms with Crippen LogP contribution in [0.2, 0.25) is 10.0 Å². The van der Waals surface area contributed by atoms with Gasteiger partial charge in [-0.25, -0.2) is 18.2 Å². The molecule has 0 saturated carbocycles. The number of fused-ring (bicyclic) bond motifs is 1. The van der Waals surface area contributed by atoms with Crippen LogP contribution in [0.25, 0.3) is 22.4 Å². The molecule has 2 aromatic heterocycles. The average molecular weight is 442 g/mol. The summed E-state index contributed by atoms with van der Waals surface area (Å²) in [7, 11) is -4.03. The lowest BCUT2D eigenvalue weighted by Gasteiger charge is -2.07. The molecular formula is C16H9Cl2N3O4S2. The predicted molar refractivity (Wildman–Crippen MR) is 105 cm³/mol. The summed E-state index contributed by atoms with van der Waals surface area (Å²) >= 11 is 13.1. The standard InChI is InChI=1S/C16H9Cl2N3O4S2/c17-9-3-1-8(2-4-9)12-7-26-15(19-12)21-27(23,24)14-6-13-11(5-10(14)18)20-16(22)25-13/h1-7H,(H,19,21)(H,20,22). The predicted octanol–water partition coefficient (Wildman–Crippen LogP) is 4.35. The molecule has 11 heteroatoms. The second-order valence-electron chi connectivity index (χ2n) is 5.44. The number of nitrogens with zero attached hydrogens (tertiary/aromatic N) is 1. The van der Waals surface area contributed by atoms with Crippen LogP contribution in [0, 0.1) is 0 Å². The van der Waals surface area contributed by atoms with E-state index in [1.54, 1.807) is 29.6 Å². The number of nitrogens with one attached hydrogen (secondary N) is 2. The lowest BCUT2D eigenvalue weighted by atomic mass is 10.2. The van der Waals surface area contributed by atoms with Crippen LogP contribution in [0.3, 0.4) is 0 Å². The number of rotatable bonds is 4. The molecule has 7 nitrogen and oxygen atoms in total. The topological polar surface area (TPSA) is 105 Å². The molecule has 27 heavy (non-hydrogen) atoms. The number of sulfonamides is 1. The third-order valence-electron chi connectivity index (χ3n) is 3.63. The molecule has 0 unspecified atom stereocenters. The second-order valence-corrected chi connectivity index (χ2v) is 8.80. The summed E-state index contributed by atoms with van der Waals surface area (Å²) in [6.07, 6.45) is 0. The zero-order valence-electron chi connectivity index (χ0n) is 13.2. The Morgan fingerprint density at radius 1 is 1.15 bits per heavy atom. The number of oxazole rings is 1. The molecular weight excluding hydrogens is 433 g/mol. The van der Waals surface area contributed by atoms with Gasteiger partial charge in [0.2, 0.25) is 0 Å². The number of aromatic nitrogens is 2. The van der Waals surface area contributed by atoms with Crippen molar-refractivity contribution in [3.63, 3.8) is 0 Å². The van der Waals surface area contributed by atoms with E-state index in [-0.39, 0.29) is 20.6 Å². The van der Waals surface area contributed by atoms with Crippen LogP contribution in [-0.4, -0.2) is 18.4 Å². The molecule has 0 radical (unpaired) electrons. The molecule has 0 bridgehead atoms. The first-order valence-electron chi connectivity index (χ1n) is 7.38. The van der Waals surface area contributed by atoms with E-state index in [0.29, 0.717) is 16.2 Å². The lowest BCUT2D eigenvalue weighted by Crippen LogP contribution is -2.13. The van der Waals surface area contributed by atoms with E-state index in [1.165, 1.54) is 12.1 Å². The van der Waals surface area contributed by atoms with Crippen LogP contribution in [0.4, 0.5) is 5.13 Å². The van der Waals surface area contributed by atoms with Gasteiger partial charge in [0.15, 0.2) is 10.7 Å². The van der Waals surface area contributed by atoms with Gasteiger partial charge in [0, 0.05) is 22.0 Å². The molecule has 4 aromatic rings.